The van der Waals surface area contributed by atoms with Gasteiger partial charge in [-0.3, -0.25) is 9.69 Å². The summed E-state index contributed by atoms with van der Waals surface area (Å²) in [5.74, 6) is -0.922. The lowest BCUT2D eigenvalue weighted by atomic mass is 10.2. The molecule has 0 aliphatic carbocycles. The summed E-state index contributed by atoms with van der Waals surface area (Å²) >= 11 is 0. The third-order valence-corrected chi connectivity index (χ3v) is 2.74. The Labute approximate surface area is 118 Å². The van der Waals surface area contributed by atoms with Crippen LogP contribution in [0.15, 0.2) is 30.3 Å². The lowest BCUT2D eigenvalue weighted by Crippen LogP contribution is -2.42. The van der Waals surface area contributed by atoms with Gasteiger partial charge in [0.25, 0.3) is 0 Å². The molecule has 1 rings (SSSR count). The van der Waals surface area contributed by atoms with Crippen LogP contribution >= 0.6 is 0 Å². The zero-order chi connectivity index (χ0) is 14.8. The fourth-order valence-corrected chi connectivity index (χ4v) is 1.72. The molecule has 0 aliphatic heterocycles. The average Bonchev–Trinajstić information content (AvgIpc) is 2.44. The van der Waals surface area contributed by atoms with E-state index >= 15 is 0 Å². The van der Waals surface area contributed by atoms with E-state index in [1.165, 1.54) is 4.90 Å². The molecular weight excluding hydrogens is 258 g/mol. The van der Waals surface area contributed by atoms with E-state index in [-0.39, 0.29) is 19.0 Å². The molecule has 110 valence electrons. The molecule has 0 bridgehead atoms. The van der Waals surface area contributed by atoms with Gasteiger partial charge in [-0.15, -0.1) is 0 Å². The van der Waals surface area contributed by atoms with Crippen molar-refractivity contribution in [2.75, 3.05) is 31.6 Å². The van der Waals surface area contributed by atoms with E-state index < -0.39 is 5.97 Å². The number of carboxylic acid groups (broad SMARTS) is 1. The molecule has 1 aromatic carbocycles. The number of aliphatic carboxylic acids is 1. The molecule has 3 N–H and O–H groups in total. The van der Waals surface area contributed by atoms with E-state index in [1.807, 2.05) is 25.2 Å². The van der Waals surface area contributed by atoms with Gasteiger partial charge in [0.2, 0.25) is 0 Å². The Morgan fingerprint density at radius 3 is 2.50 bits per heavy atom. The van der Waals surface area contributed by atoms with Crippen molar-refractivity contribution < 1.29 is 14.7 Å². The van der Waals surface area contributed by atoms with Crippen molar-refractivity contribution in [3.63, 3.8) is 0 Å². The van der Waals surface area contributed by atoms with Gasteiger partial charge in [0.15, 0.2) is 0 Å². The van der Waals surface area contributed by atoms with Crippen LogP contribution in [0.25, 0.3) is 0 Å². The number of carbonyl (C=O) groups excluding carboxylic acids is 1. The van der Waals surface area contributed by atoms with Gasteiger partial charge in [-0.05, 0) is 32.1 Å². The minimum atomic E-state index is -0.922. The Hall–Kier alpha value is -2.08. The number of nitrogens with zero attached hydrogens (tertiary/aromatic N) is 1. The summed E-state index contributed by atoms with van der Waals surface area (Å²) in [5.41, 5.74) is 0.694. The minimum Gasteiger partial charge on any atom is -0.481 e. The van der Waals surface area contributed by atoms with Crippen molar-refractivity contribution >= 4 is 17.7 Å². The van der Waals surface area contributed by atoms with Crippen LogP contribution in [-0.2, 0) is 4.79 Å². The van der Waals surface area contributed by atoms with Crippen LogP contribution < -0.4 is 15.5 Å². The number of carbonyl (C=O) groups is 2. The van der Waals surface area contributed by atoms with Crippen LogP contribution in [0, 0.1) is 0 Å². The fraction of sp³-hybridized carbons (Fsp3) is 0.429. The summed E-state index contributed by atoms with van der Waals surface area (Å²) in [4.78, 5) is 24.3. The Bertz CT molecular complexity index is 423. The van der Waals surface area contributed by atoms with Crippen LogP contribution in [0.1, 0.15) is 12.8 Å². The highest BCUT2D eigenvalue weighted by Gasteiger charge is 2.15. The second-order valence-corrected chi connectivity index (χ2v) is 4.32. The first-order valence-corrected chi connectivity index (χ1v) is 6.62. The predicted molar refractivity (Wildman–Crippen MR) is 78.0 cm³/mol. The molecule has 0 saturated carbocycles. The van der Waals surface area contributed by atoms with Gasteiger partial charge in [0.1, 0.15) is 0 Å². The van der Waals surface area contributed by atoms with Gasteiger partial charge in [0.05, 0.1) is 6.42 Å². The summed E-state index contributed by atoms with van der Waals surface area (Å²) in [6.45, 7) is 1.52. The van der Waals surface area contributed by atoms with Crippen molar-refractivity contribution in [1.82, 2.24) is 10.6 Å². The smallest absolute Gasteiger partial charge is 0.321 e. The molecule has 0 spiro atoms. The SMILES string of the molecule is CNCCCNC(=O)N(CCC(=O)O)c1ccccc1. The highest BCUT2D eigenvalue weighted by atomic mass is 16.4. The summed E-state index contributed by atoms with van der Waals surface area (Å²) in [5, 5.41) is 14.6. The zero-order valence-corrected chi connectivity index (χ0v) is 11.6. The summed E-state index contributed by atoms with van der Waals surface area (Å²) in [6.07, 6.45) is 0.739. The van der Waals surface area contributed by atoms with E-state index in [1.54, 1.807) is 12.1 Å². The van der Waals surface area contributed by atoms with Crippen LogP contribution in [0.2, 0.25) is 0 Å². The highest BCUT2D eigenvalue weighted by Crippen LogP contribution is 2.13. The third kappa shape index (κ3) is 5.71. The normalized spacial score (nSPS) is 10.1. The third-order valence-electron chi connectivity index (χ3n) is 2.74. The van der Waals surface area contributed by atoms with E-state index in [2.05, 4.69) is 10.6 Å². The molecule has 0 aromatic heterocycles. The first-order valence-electron chi connectivity index (χ1n) is 6.62. The maximum Gasteiger partial charge on any atom is 0.321 e. The van der Waals surface area contributed by atoms with Crippen molar-refractivity contribution in [2.45, 2.75) is 12.8 Å². The molecule has 0 radical (unpaired) electrons. The van der Waals surface area contributed by atoms with Gasteiger partial charge in [-0.25, -0.2) is 4.79 Å². The number of anilines is 1. The standard InChI is InChI=1S/C14H21N3O3/c1-15-9-5-10-16-14(20)17(11-8-13(18)19)12-6-3-2-4-7-12/h2-4,6-7,15H,5,8-11H2,1H3,(H,16,20)(H,18,19). The molecule has 0 fully saturated rings. The van der Waals surface area contributed by atoms with Crippen molar-refractivity contribution in [2.24, 2.45) is 0 Å². The molecule has 0 heterocycles. The van der Waals surface area contributed by atoms with Gasteiger partial charge in [-0.2, -0.15) is 0 Å². The highest BCUT2D eigenvalue weighted by molar-refractivity contribution is 5.92. The van der Waals surface area contributed by atoms with E-state index in [0.717, 1.165) is 13.0 Å². The fourth-order valence-electron chi connectivity index (χ4n) is 1.72. The number of hydrogen-bond acceptors (Lipinski definition) is 3. The number of hydrogen-bond donors (Lipinski definition) is 3. The number of nitrogens with one attached hydrogen (secondary N) is 2. The summed E-state index contributed by atoms with van der Waals surface area (Å²) in [6, 6.07) is 8.79. The molecule has 1 aromatic rings. The maximum absolute atomic E-state index is 12.1. The monoisotopic (exact) mass is 279 g/mol. The van der Waals surface area contributed by atoms with Crippen LogP contribution in [0.3, 0.4) is 0 Å². The molecular formula is C14H21N3O3. The summed E-state index contributed by atoms with van der Waals surface area (Å²) < 4.78 is 0. The lowest BCUT2D eigenvalue weighted by molar-refractivity contribution is -0.136. The number of rotatable bonds is 8. The van der Waals surface area contributed by atoms with Crippen LogP contribution in [0.4, 0.5) is 10.5 Å². The number of urea groups is 1. The number of benzene rings is 1. The van der Waals surface area contributed by atoms with E-state index in [0.29, 0.717) is 12.2 Å². The average molecular weight is 279 g/mol. The molecule has 6 nitrogen and oxygen atoms in total. The van der Waals surface area contributed by atoms with Crippen LogP contribution in [-0.4, -0.2) is 43.8 Å². The van der Waals surface area contributed by atoms with Gasteiger partial charge in [-0.1, -0.05) is 18.2 Å². The first kappa shape index (κ1) is 16.0. The molecule has 0 atom stereocenters. The Morgan fingerprint density at radius 1 is 1.20 bits per heavy atom. The summed E-state index contributed by atoms with van der Waals surface area (Å²) in [7, 11) is 1.85. The molecule has 0 unspecified atom stereocenters. The Morgan fingerprint density at radius 2 is 1.90 bits per heavy atom. The topological polar surface area (TPSA) is 81.7 Å². The molecule has 6 heteroatoms. The zero-order valence-electron chi connectivity index (χ0n) is 11.6. The predicted octanol–water partition coefficient (Wildman–Crippen LogP) is 1.29. The van der Waals surface area contributed by atoms with Crippen molar-refractivity contribution in [1.29, 1.82) is 0 Å². The maximum atomic E-state index is 12.1. The largest absolute Gasteiger partial charge is 0.481 e. The van der Waals surface area contributed by atoms with Crippen molar-refractivity contribution in [3.05, 3.63) is 30.3 Å². The first-order chi connectivity index (χ1) is 9.65. The molecule has 0 aliphatic rings. The van der Waals surface area contributed by atoms with E-state index in [4.69, 9.17) is 5.11 Å². The van der Waals surface area contributed by atoms with E-state index in [9.17, 15) is 9.59 Å². The molecule has 0 saturated heterocycles. The number of amides is 2. The second kappa shape index (κ2) is 8.92. The van der Waals surface area contributed by atoms with Gasteiger partial charge < -0.3 is 15.7 Å². The minimum absolute atomic E-state index is 0.0845. The quantitative estimate of drug-likeness (QED) is 0.626. The van der Waals surface area contributed by atoms with Gasteiger partial charge >= 0.3 is 12.0 Å². The number of carboxylic acids is 1. The lowest BCUT2D eigenvalue weighted by Gasteiger charge is -2.22. The number of para-hydroxylation sites is 1. The van der Waals surface area contributed by atoms with Gasteiger partial charge in [0, 0.05) is 18.8 Å². The Balaban J connectivity index is 2.62. The second-order valence-electron chi connectivity index (χ2n) is 4.32. The molecule has 2 amide bonds. The molecule has 20 heavy (non-hydrogen) atoms. The Kier molecular flexibility index (Phi) is 7.13. The van der Waals surface area contributed by atoms with Crippen molar-refractivity contribution in [3.8, 4) is 0 Å². The van der Waals surface area contributed by atoms with Crippen LogP contribution in [0.5, 0.6) is 0 Å².